The van der Waals surface area contributed by atoms with Crippen molar-refractivity contribution in [3.8, 4) is 5.75 Å². The largest absolute Gasteiger partial charge is 0.506 e. The number of thiazole rings is 1. The average molecular weight is 434 g/mol. The molecule has 0 aliphatic rings. The molecule has 0 spiro atoms. The molecule has 0 saturated carbocycles. The molecule has 0 aliphatic carbocycles. The first-order valence-electron chi connectivity index (χ1n) is 9.71. The monoisotopic (exact) mass is 433 g/mol. The summed E-state index contributed by atoms with van der Waals surface area (Å²) in [4.78, 5) is 13.8. The minimum absolute atomic E-state index is 0.0710. The number of hydrogen-bond acceptors (Lipinski definition) is 8. The predicted octanol–water partition coefficient (Wildman–Crippen LogP) is 1.22. The molecule has 0 bridgehead atoms. The minimum atomic E-state index is -1.24. The van der Waals surface area contributed by atoms with E-state index in [1.54, 1.807) is 7.11 Å². The number of nitrogens with one attached hydrogen (secondary N) is 3. The summed E-state index contributed by atoms with van der Waals surface area (Å²) in [6.07, 6.45) is -1.78. The quantitative estimate of drug-likeness (QED) is 0.198. The molecule has 1 heterocycles. The first-order chi connectivity index (χ1) is 14.5. The second-order valence-electron chi connectivity index (χ2n) is 6.98. The molecule has 1 aromatic heterocycles. The highest BCUT2D eigenvalue weighted by molar-refractivity contribution is 7.16. The Morgan fingerprint density at radius 3 is 2.77 bits per heavy atom. The third-order valence-corrected chi connectivity index (χ3v) is 5.71. The summed E-state index contributed by atoms with van der Waals surface area (Å²) >= 11 is 0.887. The standard InChI is InChI=1S/C21H27N3O5S/c1-29-10-9-22-12-14-4-2-3-13(11-14)7-8-23-20(27)18(26)15-5-6-16(25)17-19(15)30-21(28)24-17/h2-6,11,18,20,22-23,25-27H,7-10,12H2,1H3,(H,24,28). The summed E-state index contributed by atoms with van der Waals surface area (Å²) in [6.45, 7) is 2.66. The molecular formula is C21H27N3O5S. The van der Waals surface area contributed by atoms with Crippen molar-refractivity contribution in [2.45, 2.75) is 25.3 Å². The van der Waals surface area contributed by atoms with Gasteiger partial charge in [0.1, 0.15) is 23.6 Å². The van der Waals surface area contributed by atoms with E-state index in [0.717, 1.165) is 35.6 Å². The molecule has 9 heteroatoms. The lowest BCUT2D eigenvalue weighted by Crippen LogP contribution is -2.36. The Morgan fingerprint density at radius 1 is 1.17 bits per heavy atom. The highest BCUT2D eigenvalue weighted by Crippen LogP contribution is 2.32. The lowest BCUT2D eigenvalue weighted by atomic mass is 10.1. The molecule has 0 saturated heterocycles. The van der Waals surface area contributed by atoms with Crippen LogP contribution in [0.15, 0.2) is 41.2 Å². The number of rotatable bonds is 11. The number of phenolic OH excluding ortho intramolecular Hbond substituents is 1. The van der Waals surface area contributed by atoms with Crippen LogP contribution in [0.25, 0.3) is 10.2 Å². The lowest BCUT2D eigenvalue weighted by molar-refractivity contribution is -0.00168. The van der Waals surface area contributed by atoms with Crippen molar-refractivity contribution < 1.29 is 20.1 Å². The van der Waals surface area contributed by atoms with Gasteiger partial charge in [-0.15, -0.1) is 0 Å². The molecule has 3 rings (SSSR count). The van der Waals surface area contributed by atoms with Crippen molar-refractivity contribution in [3.05, 3.63) is 62.8 Å². The van der Waals surface area contributed by atoms with E-state index < -0.39 is 12.3 Å². The number of methoxy groups -OCH3 is 1. The molecule has 0 amide bonds. The molecular weight excluding hydrogens is 406 g/mol. The normalized spacial score (nSPS) is 13.6. The van der Waals surface area contributed by atoms with Gasteiger partial charge in [0.05, 0.1) is 11.3 Å². The van der Waals surface area contributed by atoms with Gasteiger partial charge >= 0.3 is 4.87 Å². The Bertz CT molecular complexity index is 1020. The van der Waals surface area contributed by atoms with E-state index in [0.29, 0.717) is 29.8 Å². The van der Waals surface area contributed by atoms with E-state index in [9.17, 15) is 20.1 Å². The lowest BCUT2D eigenvalue weighted by Gasteiger charge is -2.20. The Hall–Kier alpha value is -2.27. The van der Waals surface area contributed by atoms with Gasteiger partial charge in [0.25, 0.3) is 0 Å². The maximum Gasteiger partial charge on any atom is 0.305 e. The summed E-state index contributed by atoms with van der Waals surface area (Å²) in [5, 5.41) is 37.0. The maximum atomic E-state index is 11.6. The van der Waals surface area contributed by atoms with Crippen LogP contribution in [-0.2, 0) is 17.7 Å². The molecule has 8 nitrogen and oxygen atoms in total. The van der Waals surface area contributed by atoms with Gasteiger partial charge in [0, 0.05) is 32.3 Å². The topological polar surface area (TPSA) is 127 Å². The van der Waals surface area contributed by atoms with Gasteiger partial charge in [-0.3, -0.25) is 10.1 Å². The zero-order valence-corrected chi connectivity index (χ0v) is 17.5. The van der Waals surface area contributed by atoms with Crippen LogP contribution in [0.1, 0.15) is 22.8 Å². The molecule has 2 atom stereocenters. The fourth-order valence-corrected chi connectivity index (χ4v) is 4.12. The van der Waals surface area contributed by atoms with E-state index in [-0.39, 0.29) is 16.1 Å². The van der Waals surface area contributed by atoms with Crippen LogP contribution in [0.5, 0.6) is 5.75 Å². The molecule has 162 valence electrons. The van der Waals surface area contributed by atoms with Crippen molar-refractivity contribution in [3.63, 3.8) is 0 Å². The Morgan fingerprint density at radius 2 is 1.97 bits per heavy atom. The number of hydrogen-bond donors (Lipinski definition) is 6. The molecule has 2 unspecified atom stereocenters. The number of H-pyrrole nitrogens is 1. The zero-order valence-electron chi connectivity index (χ0n) is 16.7. The van der Waals surface area contributed by atoms with Crippen LogP contribution in [0, 0.1) is 0 Å². The van der Waals surface area contributed by atoms with Crippen LogP contribution in [0.3, 0.4) is 0 Å². The van der Waals surface area contributed by atoms with Crippen LogP contribution in [-0.4, -0.2) is 53.3 Å². The number of aromatic nitrogens is 1. The van der Waals surface area contributed by atoms with Crippen LogP contribution in [0.4, 0.5) is 0 Å². The number of benzene rings is 2. The van der Waals surface area contributed by atoms with Crippen molar-refractivity contribution in [1.29, 1.82) is 0 Å². The third kappa shape index (κ3) is 5.66. The molecule has 3 aromatic rings. The zero-order chi connectivity index (χ0) is 21.5. The van der Waals surface area contributed by atoms with Gasteiger partial charge in [-0.2, -0.15) is 0 Å². The second kappa shape index (κ2) is 10.7. The highest BCUT2D eigenvalue weighted by Gasteiger charge is 2.22. The van der Waals surface area contributed by atoms with Crippen LogP contribution in [0.2, 0.25) is 0 Å². The van der Waals surface area contributed by atoms with Crippen molar-refractivity contribution in [2.24, 2.45) is 0 Å². The summed E-state index contributed by atoms with van der Waals surface area (Å²) in [6, 6.07) is 11.1. The Balaban J connectivity index is 1.55. The first-order valence-corrected chi connectivity index (χ1v) is 10.5. The Kier molecular flexibility index (Phi) is 7.97. The van der Waals surface area contributed by atoms with Gasteiger partial charge in [0.15, 0.2) is 0 Å². The van der Waals surface area contributed by atoms with Gasteiger partial charge in [-0.05, 0) is 23.6 Å². The average Bonchev–Trinajstić information content (AvgIpc) is 3.13. The number of aliphatic hydroxyl groups is 2. The van der Waals surface area contributed by atoms with Crippen molar-refractivity contribution >= 4 is 21.6 Å². The fourth-order valence-electron chi connectivity index (χ4n) is 3.22. The number of fused-ring (bicyclic) bond motifs is 1. The number of aromatic hydroxyl groups is 1. The highest BCUT2D eigenvalue weighted by atomic mass is 32.1. The SMILES string of the molecule is COCCNCc1cccc(CCNC(O)C(O)c2ccc(O)c3[nH]c(=O)sc23)c1. The van der Waals surface area contributed by atoms with Crippen LogP contribution < -0.4 is 15.5 Å². The molecule has 0 fully saturated rings. The maximum absolute atomic E-state index is 11.6. The number of ether oxygens (including phenoxy) is 1. The van der Waals surface area contributed by atoms with E-state index in [1.165, 1.54) is 12.1 Å². The number of aromatic amines is 1. The summed E-state index contributed by atoms with van der Waals surface area (Å²) in [5.41, 5.74) is 2.93. The number of phenols is 1. The summed E-state index contributed by atoms with van der Waals surface area (Å²) in [7, 11) is 1.67. The van der Waals surface area contributed by atoms with E-state index in [4.69, 9.17) is 4.74 Å². The van der Waals surface area contributed by atoms with Crippen LogP contribution >= 0.6 is 11.3 Å². The molecule has 2 aromatic carbocycles. The van der Waals surface area contributed by atoms with Gasteiger partial charge in [-0.25, -0.2) is 0 Å². The second-order valence-corrected chi connectivity index (χ2v) is 7.96. The number of aliphatic hydroxyl groups excluding tert-OH is 2. The van der Waals surface area contributed by atoms with Crippen molar-refractivity contribution in [2.75, 3.05) is 26.8 Å². The van der Waals surface area contributed by atoms with Gasteiger partial charge in [0.2, 0.25) is 0 Å². The molecule has 6 N–H and O–H groups in total. The van der Waals surface area contributed by atoms with E-state index in [1.807, 2.05) is 18.2 Å². The van der Waals surface area contributed by atoms with Gasteiger partial charge in [-0.1, -0.05) is 41.7 Å². The van der Waals surface area contributed by atoms with Crippen molar-refractivity contribution in [1.82, 2.24) is 15.6 Å². The minimum Gasteiger partial charge on any atom is -0.506 e. The summed E-state index contributed by atoms with van der Waals surface area (Å²) in [5.74, 6) is -0.0710. The molecule has 0 aliphatic heterocycles. The summed E-state index contributed by atoms with van der Waals surface area (Å²) < 4.78 is 5.45. The van der Waals surface area contributed by atoms with E-state index >= 15 is 0 Å². The van der Waals surface area contributed by atoms with Gasteiger partial charge < -0.3 is 30.4 Å². The predicted molar refractivity (Wildman–Crippen MR) is 117 cm³/mol. The molecule has 0 radical (unpaired) electrons. The molecule has 30 heavy (non-hydrogen) atoms. The fraction of sp³-hybridized carbons (Fsp3) is 0.381. The van der Waals surface area contributed by atoms with E-state index in [2.05, 4.69) is 21.7 Å². The third-order valence-electron chi connectivity index (χ3n) is 4.78. The smallest absolute Gasteiger partial charge is 0.305 e. The Labute approximate surface area is 178 Å². The first kappa shape index (κ1) is 22.4.